The van der Waals surface area contributed by atoms with Gasteiger partial charge < -0.3 is 0 Å². The Morgan fingerprint density at radius 1 is 1.25 bits per heavy atom. The second-order valence-corrected chi connectivity index (χ2v) is 11.0. The van der Waals surface area contributed by atoms with Gasteiger partial charge in [-0.2, -0.15) is 8.42 Å². The summed E-state index contributed by atoms with van der Waals surface area (Å²) in [6, 6.07) is 1.02. The Balaban J connectivity index is 2.21. The van der Waals surface area contributed by atoms with Crippen LogP contribution in [0.1, 0.15) is 6.42 Å². The first kappa shape index (κ1) is 10.2. The van der Waals surface area contributed by atoms with Crippen LogP contribution in [0.15, 0.2) is 0 Å². The zero-order valence-electron chi connectivity index (χ0n) is 7.53. The lowest BCUT2D eigenvalue weighted by Gasteiger charge is -2.27. The summed E-state index contributed by atoms with van der Waals surface area (Å²) in [5.41, 5.74) is 0. The fourth-order valence-corrected chi connectivity index (χ4v) is 2.75. The lowest BCUT2D eigenvalue weighted by atomic mass is 10.5. The molecule has 0 aromatic heterocycles. The number of hydrogen-bond acceptors (Lipinski definition) is 4. The third kappa shape index (κ3) is 3.22. The largest absolute Gasteiger partial charge is 0.404 e. The standard InChI is InChI=1S/C6H14O4SSi/c1-12(2,3)5-4-6-9-11(7,8)10-6/h6H,4-5H2,1-3H3. The summed E-state index contributed by atoms with van der Waals surface area (Å²) >= 11 is 0. The summed E-state index contributed by atoms with van der Waals surface area (Å²) in [6.07, 6.45) is 0.177. The van der Waals surface area contributed by atoms with Crippen LogP contribution in [-0.4, -0.2) is 22.8 Å². The Kier molecular flexibility index (Phi) is 2.62. The maximum atomic E-state index is 10.4. The van der Waals surface area contributed by atoms with Gasteiger partial charge in [0.25, 0.3) is 0 Å². The van der Waals surface area contributed by atoms with Gasteiger partial charge in [0.1, 0.15) is 0 Å². The van der Waals surface area contributed by atoms with Gasteiger partial charge in [0.05, 0.1) is 0 Å². The quantitative estimate of drug-likeness (QED) is 0.659. The predicted octanol–water partition coefficient (Wildman–Crippen LogP) is 1.33. The van der Waals surface area contributed by atoms with Gasteiger partial charge in [-0.3, -0.25) is 0 Å². The summed E-state index contributed by atoms with van der Waals surface area (Å²) in [6.45, 7) is 6.67. The van der Waals surface area contributed by atoms with Gasteiger partial charge in [0.2, 0.25) is 0 Å². The maximum Gasteiger partial charge on any atom is 0.404 e. The van der Waals surface area contributed by atoms with Gasteiger partial charge in [0.15, 0.2) is 6.29 Å². The topological polar surface area (TPSA) is 52.6 Å². The highest BCUT2D eigenvalue weighted by atomic mass is 32.3. The summed E-state index contributed by atoms with van der Waals surface area (Å²) in [7, 11) is -4.69. The van der Waals surface area contributed by atoms with Crippen LogP contribution >= 0.6 is 0 Å². The van der Waals surface area contributed by atoms with Gasteiger partial charge in [-0.1, -0.05) is 25.7 Å². The molecule has 1 saturated heterocycles. The molecule has 0 unspecified atom stereocenters. The predicted molar refractivity (Wildman–Crippen MR) is 47.6 cm³/mol. The molecule has 0 aromatic carbocycles. The molecule has 0 aliphatic carbocycles. The van der Waals surface area contributed by atoms with Crippen LogP contribution in [0.3, 0.4) is 0 Å². The van der Waals surface area contributed by atoms with E-state index in [4.69, 9.17) is 0 Å². The average molecular weight is 210 g/mol. The van der Waals surface area contributed by atoms with Gasteiger partial charge in [0, 0.05) is 8.07 Å². The lowest BCUT2D eigenvalue weighted by Crippen LogP contribution is -2.37. The Morgan fingerprint density at radius 3 is 2.08 bits per heavy atom. The van der Waals surface area contributed by atoms with E-state index in [1.54, 1.807) is 0 Å². The Hall–Kier alpha value is 0.0869. The molecule has 6 heteroatoms. The van der Waals surface area contributed by atoms with E-state index in [1.165, 1.54) is 0 Å². The average Bonchev–Trinajstić information content (AvgIpc) is 1.76. The van der Waals surface area contributed by atoms with Crippen LogP contribution < -0.4 is 0 Å². The normalized spacial score (nSPS) is 23.6. The van der Waals surface area contributed by atoms with Crippen molar-refractivity contribution in [2.24, 2.45) is 0 Å². The van der Waals surface area contributed by atoms with Crippen LogP contribution in [0, 0.1) is 0 Å². The molecule has 0 amide bonds. The lowest BCUT2D eigenvalue weighted by molar-refractivity contribution is -0.0801. The third-order valence-corrected chi connectivity index (χ3v) is 4.27. The second kappa shape index (κ2) is 3.10. The number of rotatable bonds is 3. The summed E-state index contributed by atoms with van der Waals surface area (Å²) in [4.78, 5) is 0. The van der Waals surface area contributed by atoms with E-state index < -0.39 is 24.8 Å². The molecule has 4 nitrogen and oxygen atoms in total. The molecule has 0 N–H and O–H groups in total. The van der Waals surface area contributed by atoms with Crippen LogP contribution in [0.2, 0.25) is 25.7 Å². The van der Waals surface area contributed by atoms with Gasteiger partial charge in [-0.05, 0) is 6.42 Å². The van der Waals surface area contributed by atoms with Crippen molar-refractivity contribution < 1.29 is 16.8 Å². The second-order valence-electron chi connectivity index (χ2n) is 4.13. The van der Waals surface area contributed by atoms with E-state index in [-0.39, 0.29) is 0 Å². The first-order valence-electron chi connectivity index (χ1n) is 3.90. The van der Waals surface area contributed by atoms with E-state index in [0.29, 0.717) is 6.42 Å². The molecule has 0 radical (unpaired) electrons. The zero-order chi connectivity index (χ0) is 9.41. The van der Waals surface area contributed by atoms with E-state index >= 15 is 0 Å². The van der Waals surface area contributed by atoms with Crippen molar-refractivity contribution >= 4 is 18.5 Å². The Labute approximate surface area is 74.2 Å². The van der Waals surface area contributed by atoms with Crippen LogP contribution in [0.5, 0.6) is 0 Å². The van der Waals surface area contributed by atoms with Crippen LogP contribution in [0.25, 0.3) is 0 Å². The molecule has 1 heterocycles. The smallest absolute Gasteiger partial charge is 0.215 e. The third-order valence-electron chi connectivity index (χ3n) is 1.58. The summed E-state index contributed by atoms with van der Waals surface area (Å²) in [5.74, 6) is 0. The molecule has 12 heavy (non-hydrogen) atoms. The maximum absolute atomic E-state index is 10.4. The Bertz CT molecular complexity index is 241. The fraction of sp³-hybridized carbons (Fsp3) is 1.00. The highest BCUT2D eigenvalue weighted by Crippen LogP contribution is 2.25. The molecule has 1 aliphatic rings. The van der Waals surface area contributed by atoms with E-state index in [2.05, 4.69) is 28.0 Å². The van der Waals surface area contributed by atoms with Crippen molar-refractivity contribution in [3.05, 3.63) is 0 Å². The number of hydrogen-bond donors (Lipinski definition) is 0. The molecule has 1 rings (SSSR count). The van der Waals surface area contributed by atoms with Crippen molar-refractivity contribution in [3.63, 3.8) is 0 Å². The van der Waals surface area contributed by atoms with Crippen molar-refractivity contribution in [1.29, 1.82) is 0 Å². The minimum absolute atomic E-state index is 0.512. The first-order chi connectivity index (χ1) is 5.29. The SMILES string of the molecule is C[Si](C)(C)CCC1OS(=O)(=O)O1. The molecule has 0 bridgehead atoms. The zero-order valence-corrected chi connectivity index (χ0v) is 9.35. The molecule has 0 aromatic rings. The Morgan fingerprint density at radius 2 is 1.75 bits per heavy atom. The van der Waals surface area contributed by atoms with Crippen molar-refractivity contribution in [1.82, 2.24) is 0 Å². The molecular weight excluding hydrogens is 196 g/mol. The summed E-state index contributed by atoms with van der Waals surface area (Å²) < 4.78 is 29.8. The minimum atomic E-state index is -3.58. The van der Waals surface area contributed by atoms with Crippen LogP contribution in [0.4, 0.5) is 0 Å². The van der Waals surface area contributed by atoms with E-state index in [1.807, 2.05) is 0 Å². The van der Waals surface area contributed by atoms with E-state index in [9.17, 15) is 8.42 Å². The fourth-order valence-electron chi connectivity index (χ4n) is 0.917. The van der Waals surface area contributed by atoms with Gasteiger partial charge in [-0.15, -0.1) is 0 Å². The first-order valence-corrected chi connectivity index (χ1v) is 8.94. The monoisotopic (exact) mass is 210 g/mol. The summed E-state index contributed by atoms with van der Waals surface area (Å²) in [5, 5.41) is 0. The molecule has 0 saturated carbocycles. The molecule has 0 atom stereocenters. The highest BCUT2D eigenvalue weighted by molar-refractivity contribution is 7.82. The minimum Gasteiger partial charge on any atom is -0.215 e. The molecule has 1 aliphatic heterocycles. The van der Waals surface area contributed by atoms with Crippen LogP contribution in [-0.2, 0) is 18.8 Å². The van der Waals surface area contributed by atoms with Gasteiger partial charge >= 0.3 is 10.4 Å². The van der Waals surface area contributed by atoms with Gasteiger partial charge in [-0.25, -0.2) is 8.37 Å². The molecule has 1 fully saturated rings. The molecular formula is C6H14O4SSi. The van der Waals surface area contributed by atoms with E-state index in [0.717, 1.165) is 6.04 Å². The molecule has 72 valence electrons. The highest BCUT2D eigenvalue weighted by Gasteiger charge is 2.36. The van der Waals surface area contributed by atoms with Crippen molar-refractivity contribution in [2.45, 2.75) is 38.4 Å². The molecule has 0 spiro atoms. The van der Waals surface area contributed by atoms with Crippen molar-refractivity contribution in [2.75, 3.05) is 0 Å². The van der Waals surface area contributed by atoms with Crippen molar-refractivity contribution in [3.8, 4) is 0 Å².